The number of hydrogen-bond acceptors (Lipinski definition) is 0. The molecule has 16 heavy (non-hydrogen) atoms. The molecule has 0 N–H and O–H groups in total. The maximum Gasteiger partial charge on any atom is -0.0398 e. The van der Waals surface area contributed by atoms with E-state index < -0.39 is 0 Å². The Bertz CT molecular complexity index is 139. The Morgan fingerprint density at radius 1 is 0.438 bits per heavy atom. The van der Waals surface area contributed by atoms with Gasteiger partial charge in [0.1, 0.15) is 0 Å². The van der Waals surface area contributed by atoms with Crippen LogP contribution in [0, 0.1) is 13.8 Å². The van der Waals surface area contributed by atoms with Crippen LogP contribution in [0.15, 0.2) is 24.3 Å². The molecule has 0 unspecified atom stereocenters. The number of hydrogen-bond donors (Lipinski definition) is 0. The first kappa shape index (κ1) is 24.4. The highest BCUT2D eigenvalue weighted by Crippen LogP contribution is 1.99. The van der Waals surface area contributed by atoms with Gasteiger partial charge in [-0.1, -0.05) is 90.8 Å². The van der Waals surface area contributed by atoms with Gasteiger partial charge in [-0.15, -0.1) is 0 Å². The molecule has 0 saturated carbocycles. The van der Waals surface area contributed by atoms with Gasteiger partial charge in [0.2, 0.25) is 0 Å². The van der Waals surface area contributed by atoms with Gasteiger partial charge in [-0.2, -0.15) is 0 Å². The van der Waals surface area contributed by atoms with E-state index >= 15 is 0 Å². The number of rotatable bonds is 0. The molecule has 0 nitrogen and oxygen atoms in total. The first-order valence-corrected chi connectivity index (χ1v) is 6.82. The second-order valence-electron chi connectivity index (χ2n) is 2.15. The van der Waals surface area contributed by atoms with Crippen LogP contribution >= 0.6 is 0 Å². The molecule has 1 aromatic carbocycles. The van der Waals surface area contributed by atoms with Crippen molar-refractivity contribution >= 4 is 0 Å². The minimum Gasteiger partial charge on any atom is -0.0683 e. The fourth-order valence-electron chi connectivity index (χ4n) is 0.637. The quantitative estimate of drug-likeness (QED) is 0.479. The van der Waals surface area contributed by atoms with Gasteiger partial charge in [-0.3, -0.25) is 0 Å². The molecule has 0 heterocycles. The fraction of sp³-hybridized carbons (Fsp3) is 0.625. The molecule has 1 aromatic rings. The Morgan fingerprint density at radius 2 is 0.562 bits per heavy atom. The Balaban J connectivity index is -0.0000000771. The van der Waals surface area contributed by atoms with Crippen molar-refractivity contribution < 1.29 is 0 Å². The summed E-state index contributed by atoms with van der Waals surface area (Å²) in [4.78, 5) is 0. The lowest BCUT2D eigenvalue weighted by atomic mass is 10.2. The van der Waals surface area contributed by atoms with Crippen molar-refractivity contribution in [3.05, 3.63) is 35.4 Å². The minimum atomic E-state index is 1.33. The highest BCUT2D eigenvalue weighted by Gasteiger charge is 1.79. The van der Waals surface area contributed by atoms with Crippen LogP contribution in [0.1, 0.15) is 66.5 Å². The molecule has 0 aliphatic carbocycles. The topological polar surface area (TPSA) is 0 Å². The molecule has 0 bridgehead atoms. The van der Waals surface area contributed by atoms with E-state index in [1.165, 1.54) is 11.1 Å². The fourth-order valence-corrected chi connectivity index (χ4v) is 0.637. The van der Waals surface area contributed by atoms with Gasteiger partial charge < -0.3 is 0 Å². The standard InChI is InChI=1S/C8H10.4C2H6/c1-7-3-5-8(2)6-4-7;4*1-2/h3-6H,1-2H3;4*1-2H3. The van der Waals surface area contributed by atoms with E-state index in [4.69, 9.17) is 0 Å². The SMILES string of the molecule is CC.CC.CC.CC.Cc1ccc(C)cc1. The van der Waals surface area contributed by atoms with Gasteiger partial charge in [0.05, 0.1) is 0 Å². The van der Waals surface area contributed by atoms with Crippen molar-refractivity contribution in [2.75, 3.05) is 0 Å². The zero-order chi connectivity index (χ0) is 14.0. The Morgan fingerprint density at radius 3 is 0.688 bits per heavy atom. The third-order valence-corrected chi connectivity index (χ3v) is 1.22. The van der Waals surface area contributed by atoms with Gasteiger partial charge >= 0.3 is 0 Å². The lowest BCUT2D eigenvalue weighted by Crippen LogP contribution is -1.70. The molecule has 0 atom stereocenters. The second-order valence-corrected chi connectivity index (χ2v) is 2.15. The van der Waals surface area contributed by atoms with Crippen LogP contribution < -0.4 is 0 Å². The first-order chi connectivity index (χ1) is 7.79. The van der Waals surface area contributed by atoms with E-state index in [0.29, 0.717) is 0 Å². The third-order valence-electron chi connectivity index (χ3n) is 1.22. The van der Waals surface area contributed by atoms with Crippen LogP contribution in [0.5, 0.6) is 0 Å². The van der Waals surface area contributed by atoms with Crippen LogP contribution in [-0.2, 0) is 0 Å². The Hall–Kier alpha value is -0.780. The van der Waals surface area contributed by atoms with Crippen LogP contribution in [0.2, 0.25) is 0 Å². The highest BCUT2D eigenvalue weighted by atomic mass is 13.9. The molecule has 1 rings (SSSR count). The lowest BCUT2D eigenvalue weighted by Gasteiger charge is -1.90. The van der Waals surface area contributed by atoms with E-state index in [0.717, 1.165) is 0 Å². The highest BCUT2D eigenvalue weighted by molar-refractivity contribution is 5.19. The summed E-state index contributed by atoms with van der Waals surface area (Å²) in [5.74, 6) is 0. The van der Waals surface area contributed by atoms with E-state index in [1.807, 2.05) is 55.4 Å². The van der Waals surface area contributed by atoms with E-state index in [2.05, 4.69) is 38.1 Å². The summed E-state index contributed by atoms with van der Waals surface area (Å²) in [6.45, 7) is 20.2. The predicted molar refractivity (Wildman–Crippen MR) is 81.3 cm³/mol. The molecular weight excluding hydrogens is 192 g/mol. The normalized spacial score (nSPS) is 6.12. The van der Waals surface area contributed by atoms with Gasteiger partial charge in [0, 0.05) is 0 Å². The first-order valence-electron chi connectivity index (χ1n) is 6.82. The Labute approximate surface area is 105 Å². The monoisotopic (exact) mass is 226 g/mol. The minimum absolute atomic E-state index is 1.33. The van der Waals surface area contributed by atoms with Gasteiger partial charge in [-0.05, 0) is 13.8 Å². The van der Waals surface area contributed by atoms with Gasteiger partial charge in [-0.25, -0.2) is 0 Å². The van der Waals surface area contributed by atoms with Crippen molar-refractivity contribution in [1.82, 2.24) is 0 Å². The lowest BCUT2D eigenvalue weighted by molar-refractivity contribution is 1.40. The largest absolute Gasteiger partial charge is 0.0683 e. The maximum atomic E-state index is 2.12. The molecule has 0 spiro atoms. The summed E-state index contributed by atoms with van der Waals surface area (Å²) in [6, 6.07) is 8.48. The maximum absolute atomic E-state index is 2.12. The summed E-state index contributed by atoms with van der Waals surface area (Å²) >= 11 is 0. The molecule has 0 aliphatic heterocycles. The summed E-state index contributed by atoms with van der Waals surface area (Å²) in [5.41, 5.74) is 2.66. The number of aryl methyl sites for hydroxylation is 2. The average Bonchev–Trinajstić information content (AvgIpc) is 2.42. The number of benzene rings is 1. The zero-order valence-corrected chi connectivity index (χ0v) is 13.3. The van der Waals surface area contributed by atoms with E-state index in [9.17, 15) is 0 Å². The van der Waals surface area contributed by atoms with Crippen LogP contribution in [0.25, 0.3) is 0 Å². The molecule has 0 fully saturated rings. The van der Waals surface area contributed by atoms with Crippen molar-refractivity contribution in [2.24, 2.45) is 0 Å². The van der Waals surface area contributed by atoms with Crippen LogP contribution in [-0.4, -0.2) is 0 Å². The van der Waals surface area contributed by atoms with E-state index in [1.54, 1.807) is 0 Å². The summed E-state index contributed by atoms with van der Waals surface area (Å²) < 4.78 is 0. The summed E-state index contributed by atoms with van der Waals surface area (Å²) in [6.07, 6.45) is 0. The van der Waals surface area contributed by atoms with Crippen molar-refractivity contribution in [1.29, 1.82) is 0 Å². The van der Waals surface area contributed by atoms with Crippen molar-refractivity contribution in [2.45, 2.75) is 69.2 Å². The molecule has 0 radical (unpaired) electrons. The van der Waals surface area contributed by atoms with E-state index in [-0.39, 0.29) is 0 Å². The van der Waals surface area contributed by atoms with Crippen molar-refractivity contribution in [3.8, 4) is 0 Å². The average molecular weight is 226 g/mol. The molecular formula is C16H34. The molecule has 0 saturated heterocycles. The molecule has 98 valence electrons. The van der Waals surface area contributed by atoms with Gasteiger partial charge in [0.15, 0.2) is 0 Å². The molecule has 0 heteroatoms. The van der Waals surface area contributed by atoms with Gasteiger partial charge in [0.25, 0.3) is 0 Å². The van der Waals surface area contributed by atoms with Crippen LogP contribution in [0.4, 0.5) is 0 Å². The summed E-state index contributed by atoms with van der Waals surface area (Å²) in [5, 5.41) is 0. The summed E-state index contributed by atoms with van der Waals surface area (Å²) in [7, 11) is 0. The van der Waals surface area contributed by atoms with Crippen molar-refractivity contribution in [3.63, 3.8) is 0 Å². The zero-order valence-electron chi connectivity index (χ0n) is 13.3. The third kappa shape index (κ3) is 23.2. The van der Waals surface area contributed by atoms with Crippen LogP contribution in [0.3, 0.4) is 0 Å². The molecule has 0 aliphatic rings. The molecule has 0 amide bonds. The predicted octanol–water partition coefficient (Wildman–Crippen LogP) is 6.41. The molecule has 0 aromatic heterocycles. The smallest absolute Gasteiger partial charge is 0.0398 e. The Kier molecular flexibility index (Phi) is 44.7. The second kappa shape index (κ2) is 29.2.